The Bertz CT molecular complexity index is 1320. The fraction of sp³-hybridized carbons (Fsp3) is 0.250. The number of para-hydroxylation sites is 1. The van der Waals surface area contributed by atoms with Crippen LogP contribution in [0.1, 0.15) is 35.5 Å². The van der Waals surface area contributed by atoms with E-state index < -0.39 is 6.04 Å². The van der Waals surface area contributed by atoms with Crippen LogP contribution in [-0.2, 0) is 11.3 Å². The monoisotopic (exact) mass is 415 g/mol. The van der Waals surface area contributed by atoms with E-state index in [1.807, 2.05) is 68.4 Å². The molecule has 0 aliphatic rings. The number of nitrogens with zero attached hydrogens (tertiary/aromatic N) is 4. The smallest absolute Gasteiger partial charge is 0.278 e. The first-order valence-corrected chi connectivity index (χ1v) is 10.2. The van der Waals surface area contributed by atoms with E-state index >= 15 is 0 Å². The molecule has 0 radical (unpaired) electrons. The summed E-state index contributed by atoms with van der Waals surface area (Å²) in [7, 11) is 0. The summed E-state index contributed by atoms with van der Waals surface area (Å²) in [5.41, 5.74) is 4.56. The SMILES string of the molecule is Cc1cccc(CNC(=O)[C@H](C)n2nc(C)c3nn(-c4ccccc4)c(C)c3c2=O)c1. The molecule has 0 saturated carbocycles. The maximum atomic E-state index is 13.3. The van der Waals surface area contributed by atoms with Crippen molar-refractivity contribution in [2.45, 2.75) is 40.3 Å². The van der Waals surface area contributed by atoms with Crippen LogP contribution in [-0.4, -0.2) is 25.5 Å². The molecule has 0 spiro atoms. The number of aryl methyl sites for hydroxylation is 3. The molecule has 2 aromatic carbocycles. The van der Waals surface area contributed by atoms with Crippen LogP contribution < -0.4 is 10.9 Å². The molecule has 0 bridgehead atoms. The Balaban J connectivity index is 1.67. The highest BCUT2D eigenvalue weighted by molar-refractivity contribution is 5.84. The number of rotatable bonds is 5. The molecule has 4 rings (SSSR count). The second kappa shape index (κ2) is 8.18. The second-order valence-electron chi connectivity index (χ2n) is 7.77. The predicted molar refractivity (Wildman–Crippen MR) is 120 cm³/mol. The fourth-order valence-corrected chi connectivity index (χ4v) is 3.73. The van der Waals surface area contributed by atoms with Gasteiger partial charge in [-0.3, -0.25) is 9.59 Å². The third kappa shape index (κ3) is 3.86. The molecule has 2 heterocycles. The van der Waals surface area contributed by atoms with Gasteiger partial charge < -0.3 is 5.32 Å². The van der Waals surface area contributed by atoms with Gasteiger partial charge in [0.25, 0.3) is 5.56 Å². The Morgan fingerprint density at radius 2 is 1.77 bits per heavy atom. The average molecular weight is 415 g/mol. The molecular formula is C24H25N5O2. The number of nitrogens with one attached hydrogen (secondary N) is 1. The Labute approximate surface area is 180 Å². The van der Waals surface area contributed by atoms with E-state index in [9.17, 15) is 9.59 Å². The van der Waals surface area contributed by atoms with Gasteiger partial charge in [0, 0.05) is 6.54 Å². The zero-order valence-electron chi connectivity index (χ0n) is 18.1. The molecule has 4 aromatic rings. The van der Waals surface area contributed by atoms with E-state index in [0.29, 0.717) is 23.1 Å². The summed E-state index contributed by atoms with van der Waals surface area (Å²) in [5.74, 6) is -0.261. The summed E-state index contributed by atoms with van der Waals surface area (Å²) in [4.78, 5) is 26.1. The van der Waals surface area contributed by atoms with Crippen LogP contribution in [0.3, 0.4) is 0 Å². The fourth-order valence-electron chi connectivity index (χ4n) is 3.73. The van der Waals surface area contributed by atoms with Gasteiger partial charge in [-0.25, -0.2) is 9.36 Å². The largest absolute Gasteiger partial charge is 0.350 e. The molecule has 31 heavy (non-hydrogen) atoms. The molecule has 0 fully saturated rings. The molecule has 0 aliphatic carbocycles. The minimum Gasteiger partial charge on any atom is -0.350 e. The topological polar surface area (TPSA) is 81.8 Å². The standard InChI is InChI=1S/C24H25N5O2/c1-15-9-8-10-19(13-15)14-25-23(30)18(4)29-24(31)21-17(3)28(20-11-6-5-7-12-20)27-22(21)16(2)26-29/h5-13,18H,14H2,1-4H3,(H,25,30)/t18-/m0/s1. The van der Waals surface area contributed by atoms with Crippen LogP contribution >= 0.6 is 0 Å². The molecule has 0 saturated heterocycles. The van der Waals surface area contributed by atoms with E-state index in [1.54, 1.807) is 18.5 Å². The van der Waals surface area contributed by atoms with Gasteiger partial charge in [0.05, 0.1) is 22.5 Å². The zero-order valence-corrected chi connectivity index (χ0v) is 18.1. The van der Waals surface area contributed by atoms with Crippen LogP contribution in [0.4, 0.5) is 0 Å². The molecule has 1 atom stereocenters. The highest BCUT2D eigenvalue weighted by atomic mass is 16.2. The highest BCUT2D eigenvalue weighted by Crippen LogP contribution is 2.20. The number of carbonyl (C=O) groups excluding carboxylic acids is 1. The number of aromatic nitrogens is 4. The number of fused-ring (bicyclic) bond motifs is 1. The normalized spacial score (nSPS) is 12.1. The molecule has 1 amide bonds. The van der Waals surface area contributed by atoms with Gasteiger partial charge in [-0.1, -0.05) is 48.0 Å². The van der Waals surface area contributed by atoms with Crippen LogP contribution in [0.25, 0.3) is 16.6 Å². The van der Waals surface area contributed by atoms with E-state index in [2.05, 4.69) is 15.5 Å². The first-order chi connectivity index (χ1) is 14.9. The zero-order chi connectivity index (χ0) is 22.1. The molecule has 0 aliphatic heterocycles. The summed E-state index contributed by atoms with van der Waals surface area (Å²) in [6.07, 6.45) is 0. The third-order valence-electron chi connectivity index (χ3n) is 5.43. The Morgan fingerprint density at radius 1 is 1.03 bits per heavy atom. The van der Waals surface area contributed by atoms with E-state index in [0.717, 1.165) is 22.5 Å². The number of benzene rings is 2. The van der Waals surface area contributed by atoms with Gasteiger partial charge in [-0.2, -0.15) is 10.2 Å². The summed E-state index contributed by atoms with van der Waals surface area (Å²) in [6, 6.07) is 16.8. The second-order valence-corrected chi connectivity index (χ2v) is 7.77. The van der Waals surface area contributed by atoms with Crippen molar-refractivity contribution in [2.24, 2.45) is 0 Å². The van der Waals surface area contributed by atoms with Crippen molar-refractivity contribution in [1.82, 2.24) is 24.9 Å². The van der Waals surface area contributed by atoms with Crippen molar-refractivity contribution in [2.75, 3.05) is 0 Å². The number of hydrogen-bond acceptors (Lipinski definition) is 4. The quantitative estimate of drug-likeness (QED) is 0.542. The van der Waals surface area contributed by atoms with Gasteiger partial charge in [0.1, 0.15) is 11.6 Å². The summed E-state index contributed by atoms with van der Waals surface area (Å²) in [6.45, 7) is 7.74. The van der Waals surface area contributed by atoms with Crippen molar-refractivity contribution < 1.29 is 4.79 Å². The summed E-state index contributed by atoms with van der Waals surface area (Å²) >= 11 is 0. The van der Waals surface area contributed by atoms with E-state index in [4.69, 9.17) is 0 Å². The number of hydrogen-bond donors (Lipinski definition) is 1. The van der Waals surface area contributed by atoms with Crippen molar-refractivity contribution >= 4 is 16.8 Å². The lowest BCUT2D eigenvalue weighted by molar-refractivity contribution is -0.124. The minimum absolute atomic E-state index is 0.261. The van der Waals surface area contributed by atoms with Crippen LogP contribution in [0.15, 0.2) is 59.4 Å². The Hall–Kier alpha value is -3.74. The maximum Gasteiger partial charge on any atom is 0.278 e. The van der Waals surface area contributed by atoms with Crippen molar-refractivity contribution in [3.8, 4) is 5.69 Å². The van der Waals surface area contributed by atoms with Gasteiger partial charge in [-0.15, -0.1) is 0 Å². The van der Waals surface area contributed by atoms with Crippen molar-refractivity contribution in [1.29, 1.82) is 0 Å². The molecular weight excluding hydrogens is 390 g/mol. The Kier molecular flexibility index (Phi) is 5.42. The van der Waals surface area contributed by atoms with Crippen LogP contribution in [0, 0.1) is 20.8 Å². The van der Waals surface area contributed by atoms with Crippen LogP contribution in [0.2, 0.25) is 0 Å². The lowest BCUT2D eigenvalue weighted by Crippen LogP contribution is -2.37. The molecule has 158 valence electrons. The average Bonchev–Trinajstić information content (AvgIpc) is 3.13. The lowest BCUT2D eigenvalue weighted by Gasteiger charge is -2.15. The van der Waals surface area contributed by atoms with Gasteiger partial charge in [-0.05, 0) is 45.4 Å². The minimum atomic E-state index is -0.750. The van der Waals surface area contributed by atoms with Gasteiger partial charge in [0.2, 0.25) is 5.91 Å². The summed E-state index contributed by atoms with van der Waals surface area (Å²) < 4.78 is 3.00. The highest BCUT2D eigenvalue weighted by Gasteiger charge is 2.23. The molecule has 0 unspecified atom stereocenters. The number of amides is 1. The molecule has 7 heteroatoms. The van der Waals surface area contributed by atoms with Gasteiger partial charge in [0.15, 0.2) is 0 Å². The molecule has 1 N–H and O–H groups in total. The lowest BCUT2D eigenvalue weighted by atomic mass is 10.1. The first kappa shape index (κ1) is 20.5. The van der Waals surface area contributed by atoms with E-state index in [1.165, 1.54) is 4.68 Å². The third-order valence-corrected chi connectivity index (χ3v) is 5.43. The van der Waals surface area contributed by atoms with Crippen molar-refractivity contribution in [3.05, 3.63) is 87.5 Å². The van der Waals surface area contributed by atoms with Gasteiger partial charge >= 0.3 is 0 Å². The van der Waals surface area contributed by atoms with Crippen LogP contribution in [0.5, 0.6) is 0 Å². The first-order valence-electron chi connectivity index (χ1n) is 10.2. The Morgan fingerprint density at radius 3 is 2.48 bits per heavy atom. The maximum absolute atomic E-state index is 13.3. The molecule has 2 aromatic heterocycles. The summed E-state index contributed by atoms with van der Waals surface area (Å²) in [5, 5.41) is 12.4. The van der Waals surface area contributed by atoms with E-state index in [-0.39, 0.29) is 11.5 Å². The predicted octanol–water partition coefficient (Wildman–Crippen LogP) is 3.38. The van der Waals surface area contributed by atoms with Crippen molar-refractivity contribution in [3.63, 3.8) is 0 Å². The molecule has 7 nitrogen and oxygen atoms in total. The number of carbonyl (C=O) groups is 1.